The van der Waals surface area contributed by atoms with Gasteiger partial charge in [-0.05, 0) is 42.0 Å². The van der Waals surface area contributed by atoms with Gasteiger partial charge in [-0.1, -0.05) is 17.3 Å². The molecule has 0 aliphatic heterocycles. The van der Waals surface area contributed by atoms with Crippen molar-refractivity contribution in [3.63, 3.8) is 0 Å². The van der Waals surface area contributed by atoms with E-state index in [1.54, 1.807) is 53.3 Å². The van der Waals surface area contributed by atoms with Gasteiger partial charge in [0.1, 0.15) is 17.8 Å². The molecule has 2 heterocycles. The molecule has 156 valence electrons. The fourth-order valence-electron chi connectivity index (χ4n) is 2.93. The van der Waals surface area contributed by atoms with E-state index < -0.39 is 0 Å². The Morgan fingerprint density at radius 1 is 1.10 bits per heavy atom. The van der Waals surface area contributed by atoms with Crippen molar-refractivity contribution < 1.29 is 18.5 Å². The van der Waals surface area contributed by atoms with Crippen LogP contribution in [0.15, 0.2) is 77.8 Å². The van der Waals surface area contributed by atoms with E-state index >= 15 is 0 Å². The number of benzene rings is 2. The fraction of sp³-hybridized carbons (Fsp3) is 0.0909. The van der Waals surface area contributed by atoms with Crippen LogP contribution in [-0.4, -0.2) is 26.8 Å². The fourth-order valence-corrected chi connectivity index (χ4v) is 2.93. The molecular weight excluding hydrogens is 401 g/mol. The maximum Gasteiger partial charge on any atom is 0.251 e. The van der Waals surface area contributed by atoms with Crippen molar-refractivity contribution in [2.75, 3.05) is 5.32 Å². The molecule has 0 bridgehead atoms. The first-order chi connectivity index (χ1) is 15.1. The highest BCUT2D eigenvalue weighted by Gasteiger charge is 2.09. The summed E-state index contributed by atoms with van der Waals surface area (Å²) in [6.07, 6.45) is 4.67. The summed E-state index contributed by atoms with van der Waals surface area (Å²) in [6, 6.07) is 14.4. The van der Waals surface area contributed by atoms with Gasteiger partial charge in [-0.15, -0.1) is 0 Å². The molecule has 9 heteroatoms. The lowest BCUT2D eigenvalue weighted by Crippen LogP contribution is -2.22. The Hall–Kier alpha value is -4.27. The summed E-state index contributed by atoms with van der Waals surface area (Å²) < 4.78 is 19.5. The molecule has 0 saturated heterocycles. The zero-order valence-corrected chi connectivity index (χ0v) is 16.3. The molecule has 0 aliphatic rings. The van der Waals surface area contributed by atoms with Gasteiger partial charge in [0.15, 0.2) is 0 Å². The van der Waals surface area contributed by atoms with Gasteiger partial charge in [0.2, 0.25) is 5.91 Å². The van der Waals surface area contributed by atoms with Crippen molar-refractivity contribution in [1.82, 2.24) is 20.3 Å². The van der Waals surface area contributed by atoms with Gasteiger partial charge in [-0.3, -0.25) is 9.59 Å². The highest BCUT2D eigenvalue weighted by Crippen LogP contribution is 2.14. The number of hydrogen-bond acceptors (Lipinski definition) is 5. The van der Waals surface area contributed by atoms with Crippen LogP contribution < -0.4 is 10.6 Å². The van der Waals surface area contributed by atoms with E-state index in [1.165, 1.54) is 24.6 Å². The highest BCUT2D eigenvalue weighted by molar-refractivity contribution is 5.94. The molecule has 2 aromatic heterocycles. The molecule has 2 N–H and O–H groups in total. The molecule has 0 fully saturated rings. The number of anilines is 1. The number of nitrogens with one attached hydrogen (secondary N) is 2. The summed E-state index contributed by atoms with van der Waals surface area (Å²) >= 11 is 0. The third-order valence-corrected chi connectivity index (χ3v) is 4.44. The molecule has 0 unspecified atom stereocenters. The van der Waals surface area contributed by atoms with E-state index in [0.29, 0.717) is 22.5 Å². The second-order valence-electron chi connectivity index (χ2n) is 6.75. The van der Waals surface area contributed by atoms with Crippen LogP contribution in [0.3, 0.4) is 0 Å². The van der Waals surface area contributed by atoms with Gasteiger partial charge in [0.05, 0.1) is 36.7 Å². The molecule has 31 heavy (non-hydrogen) atoms. The van der Waals surface area contributed by atoms with Crippen LogP contribution in [0.25, 0.3) is 5.69 Å². The second-order valence-corrected chi connectivity index (χ2v) is 6.75. The van der Waals surface area contributed by atoms with E-state index in [1.807, 2.05) is 0 Å². The third-order valence-electron chi connectivity index (χ3n) is 4.44. The number of nitrogens with zero attached hydrogens (tertiary/aromatic N) is 3. The Bertz CT molecular complexity index is 1190. The Morgan fingerprint density at radius 3 is 2.68 bits per heavy atom. The van der Waals surface area contributed by atoms with E-state index in [0.717, 1.165) is 5.69 Å². The number of aromatic nitrogens is 3. The lowest BCUT2D eigenvalue weighted by molar-refractivity contribution is -0.115. The first kappa shape index (κ1) is 20.0. The minimum atomic E-state index is -0.381. The summed E-state index contributed by atoms with van der Waals surface area (Å²) in [6.45, 7) is 0.273. The first-order valence-corrected chi connectivity index (χ1v) is 9.44. The van der Waals surface area contributed by atoms with Crippen molar-refractivity contribution in [1.29, 1.82) is 0 Å². The Balaban J connectivity index is 1.35. The van der Waals surface area contributed by atoms with Crippen LogP contribution in [0.2, 0.25) is 0 Å². The molecule has 0 saturated carbocycles. The molecular formula is C22H18FN5O3. The van der Waals surface area contributed by atoms with Gasteiger partial charge < -0.3 is 15.2 Å². The first-order valence-electron chi connectivity index (χ1n) is 9.44. The largest absolute Gasteiger partial charge is 0.364 e. The van der Waals surface area contributed by atoms with Crippen LogP contribution in [0.5, 0.6) is 0 Å². The molecule has 0 aliphatic carbocycles. The number of amides is 2. The maximum atomic E-state index is 13.2. The van der Waals surface area contributed by atoms with E-state index in [-0.39, 0.29) is 30.6 Å². The molecule has 4 rings (SSSR count). The monoisotopic (exact) mass is 419 g/mol. The SMILES string of the molecule is O=C(Cc1cccc(F)c1)Nc1cnn(-c2ccc(C(=O)NCc3ccon3)cc2)c1. The predicted molar refractivity (Wildman–Crippen MR) is 110 cm³/mol. The third kappa shape index (κ3) is 5.21. The predicted octanol–water partition coefficient (Wildman–Crippen LogP) is 3.11. The summed E-state index contributed by atoms with van der Waals surface area (Å²) in [4.78, 5) is 24.4. The van der Waals surface area contributed by atoms with E-state index in [4.69, 9.17) is 4.52 Å². The summed E-state index contributed by atoms with van der Waals surface area (Å²) in [7, 11) is 0. The highest BCUT2D eigenvalue weighted by atomic mass is 19.1. The minimum absolute atomic E-state index is 0.0566. The number of hydrogen-bond donors (Lipinski definition) is 2. The smallest absolute Gasteiger partial charge is 0.251 e. The second kappa shape index (κ2) is 9.04. The lowest BCUT2D eigenvalue weighted by atomic mass is 10.1. The van der Waals surface area contributed by atoms with Gasteiger partial charge >= 0.3 is 0 Å². The average Bonchev–Trinajstić information content (AvgIpc) is 3.44. The number of halogens is 1. The van der Waals surface area contributed by atoms with Crippen LogP contribution in [0.1, 0.15) is 21.6 Å². The minimum Gasteiger partial charge on any atom is -0.364 e. The van der Waals surface area contributed by atoms with Crippen LogP contribution in [0.4, 0.5) is 10.1 Å². The molecule has 2 aromatic carbocycles. The van der Waals surface area contributed by atoms with Gasteiger partial charge in [-0.25, -0.2) is 9.07 Å². The van der Waals surface area contributed by atoms with Crippen molar-refractivity contribution in [2.24, 2.45) is 0 Å². The van der Waals surface area contributed by atoms with Crippen molar-refractivity contribution in [2.45, 2.75) is 13.0 Å². The topological polar surface area (TPSA) is 102 Å². The molecule has 2 amide bonds. The lowest BCUT2D eigenvalue weighted by Gasteiger charge is -2.05. The Kier molecular flexibility index (Phi) is 5.84. The quantitative estimate of drug-likeness (QED) is 0.479. The van der Waals surface area contributed by atoms with E-state index in [2.05, 4.69) is 20.9 Å². The van der Waals surface area contributed by atoms with Crippen LogP contribution >= 0.6 is 0 Å². The number of rotatable bonds is 7. The zero-order valence-electron chi connectivity index (χ0n) is 16.3. The van der Waals surface area contributed by atoms with Gasteiger partial charge in [0, 0.05) is 11.6 Å². The van der Waals surface area contributed by atoms with Gasteiger partial charge in [-0.2, -0.15) is 5.10 Å². The average molecular weight is 419 g/mol. The standard InChI is InChI=1S/C22H18FN5O3/c23-17-3-1-2-15(10-17)11-21(29)26-19-13-25-28(14-19)20-6-4-16(5-7-20)22(30)24-12-18-8-9-31-27-18/h1-10,13-14H,11-12H2,(H,24,30)(H,26,29). The molecule has 0 radical (unpaired) electrons. The van der Waals surface area contributed by atoms with Crippen molar-refractivity contribution >= 4 is 17.5 Å². The molecule has 4 aromatic rings. The Morgan fingerprint density at radius 2 is 1.94 bits per heavy atom. The number of carbonyl (C=O) groups is 2. The maximum absolute atomic E-state index is 13.2. The number of carbonyl (C=O) groups excluding carboxylic acids is 2. The van der Waals surface area contributed by atoms with Crippen LogP contribution in [-0.2, 0) is 17.8 Å². The van der Waals surface area contributed by atoms with Crippen molar-refractivity contribution in [3.8, 4) is 5.69 Å². The summed E-state index contributed by atoms with van der Waals surface area (Å²) in [5, 5.41) is 13.5. The summed E-state index contributed by atoms with van der Waals surface area (Å²) in [5.41, 5.74) is 2.94. The van der Waals surface area contributed by atoms with E-state index in [9.17, 15) is 14.0 Å². The Labute approximate surface area is 176 Å². The normalized spacial score (nSPS) is 10.6. The molecule has 0 atom stereocenters. The molecule has 0 spiro atoms. The van der Waals surface area contributed by atoms with Crippen molar-refractivity contribution in [3.05, 3.63) is 95.9 Å². The molecule has 8 nitrogen and oxygen atoms in total. The van der Waals surface area contributed by atoms with Crippen LogP contribution in [0, 0.1) is 5.82 Å². The zero-order chi connectivity index (χ0) is 21.6. The summed E-state index contributed by atoms with van der Waals surface area (Å²) in [5.74, 6) is -0.891. The van der Waals surface area contributed by atoms with Gasteiger partial charge in [0.25, 0.3) is 5.91 Å².